The van der Waals surface area contributed by atoms with E-state index < -0.39 is 0 Å². The zero-order chi connectivity index (χ0) is 16.4. The van der Waals surface area contributed by atoms with Crippen molar-refractivity contribution in [3.8, 4) is 5.75 Å². The minimum Gasteiger partial charge on any atom is -0.507 e. The smallest absolute Gasteiger partial charge is 0.123 e. The molecule has 0 atom stereocenters. The van der Waals surface area contributed by atoms with Gasteiger partial charge in [-0.05, 0) is 34.4 Å². The van der Waals surface area contributed by atoms with Crippen LogP contribution in [0, 0.1) is 6.92 Å². The highest BCUT2D eigenvalue weighted by atomic mass is 16.3. The van der Waals surface area contributed by atoms with Crippen molar-refractivity contribution >= 4 is 0 Å². The van der Waals surface area contributed by atoms with Crippen LogP contribution >= 0.6 is 0 Å². The molecule has 0 aliphatic heterocycles. The van der Waals surface area contributed by atoms with Gasteiger partial charge in [-0.3, -0.25) is 0 Å². The van der Waals surface area contributed by atoms with Crippen LogP contribution in [-0.4, -0.2) is 23.4 Å². The third kappa shape index (κ3) is 4.21. The normalized spacial score (nSPS) is 12.8. The van der Waals surface area contributed by atoms with Crippen LogP contribution in [0.1, 0.15) is 63.8 Å². The lowest BCUT2D eigenvalue weighted by Gasteiger charge is -2.30. The summed E-state index contributed by atoms with van der Waals surface area (Å²) in [4.78, 5) is 0. The average molecular weight is 293 g/mol. The first kappa shape index (κ1) is 18.0. The van der Waals surface area contributed by atoms with Crippen LogP contribution in [-0.2, 0) is 17.4 Å². The molecule has 3 heteroatoms. The van der Waals surface area contributed by atoms with E-state index in [1.165, 1.54) is 5.56 Å². The van der Waals surface area contributed by atoms with Gasteiger partial charge < -0.3 is 15.5 Å². The molecular weight excluding hydrogens is 262 g/mol. The zero-order valence-electron chi connectivity index (χ0n) is 14.6. The van der Waals surface area contributed by atoms with Gasteiger partial charge in [-0.25, -0.2) is 0 Å². The monoisotopic (exact) mass is 293 g/mol. The molecule has 0 spiro atoms. The van der Waals surface area contributed by atoms with Gasteiger partial charge >= 0.3 is 0 Å². The first-order chi connectivity index (χ1) is 9.50. The van der Waals surface area contributed by atoms with Gasteiger partial charge in [-0.2, -0.15) is 0 Å². The molecule has 0 aromatic heterocycles. The van der Waals surface area contributed by atoms with Crippen LogP contribution in [0.25, 0.3) is 0 Å². The summed E-state index contributed by atoms with van der Waals surface area (Å²) in [5, 5.41) is 22.9. The van der Waals surface area contributed by atoms with Gasteiger partial charge in [0.2, 0.25) is 0 Å². The molecule has 21 heavy (non-hydrogen) atoms. The van der Waals surface area contributed by atoms with Gasteiger partial charge in [0.15, 0.2) is 0 Å². The summed E-state index contributed by atoms with van der Waals surface area (Å²) < 4.78 is 0. The Kier molecular flexibility index (Phi) is 5.46. The second kappa shape index (κ2) is 6.37. The van der Waals surface area contributed by atoms with E-state index in [-0.39, 0.29) is 17.4 Å². The zero-order valence-corrected chi connectivity index (χ0v) is 14.6. The summed E-state index contributed by atoms with van der Waals surface area (Å²) in [5.74, 6) is 0.429. The van der Waals surface area contributed by atoms with Gasteiger partial charge in [0, 0.05) is 18.7 Å². The Labute approximate surface area is 129 Å². The summed E-state index contributed by atoms with van der Waals surface area (Å²) in [7, 11) is 0. The minimum atomic E-state index is -0.110. The largest absolute Gasteiger partial charge is 0.507 e. The fourth-order valence-electron chi connectivity index (χ4n) is 2.80. The number of nitrogens with one attached hydrogen (secondary N) is 1. The molecule has 1 aromatic carbocycles. The molecule has 120 valence electrons. The second-order valence-electron chi connectivity index (χ2n) is 7.83. The van der Waals surface area contributed by atoms with Crippen LogP contribution < -0.4 is 5.32 Å². The summed E-state index contributed by atoms with van der Waals surface area (Å²) in [5.41, 5.74) is 4.12. The van der Waals surface area contributed by atoms with Gasteiger partial charge in [-0.1, -0.05) is 47.6 Å². The number of aliphatic hydroxyl groups is 1. The lowest BCUT2D eigenvalue weighted by Crippen LogP contribution is -2.23. The van der Waals surface area contributed by atoms with Crippen LogP contribution in [0.3, 0.4) is 0 Å². The summed E-state index contributed by atoms with van der Waals surface area (Å²) in [6.07, 6.45) is 0. The third-order valence-electron chi connectivity index (χ3n) is 3.83. The van der Waals surface area contributed by atoms with Crippen LogP contribution in [0.2, 0.25) is 0 Å². The molecule has 0 bridgehead atoms. The van der Waals surface area contributed by atoms with E-state index in [9.17, 15) is 5.11 Å². The molecule has 0 radical (unpaired) electrons. The molecule has 0 aliphatic rings. The van der Waals surface area contributed by atoms with E-state index in [1.807, 2.05) is 0 Å². The molecule has 0 fully saturated rings. The Balaban J connectivity index is 3.46. The molecule has 1 rings (SSSR count). The number of hydrogen-bond donors (Lipinski definition) is 3. The van der Waals surface area contributed by atoms with Crippen molar-refractivity contribution in [3.05, 3.63) is 28.3 Å². The first-order valence-electron chi connectivity index (χ1n) is 7.68. The van der Waals surface area contributed by atoms with E-state index >= 15 is 0 Å². The Bertz CT molecular complexity index is 493. The van der Waals surface area contributed by atoms with Crippen molar-refractivity contribution in [2.24, 2.45) is 0 Å². The molecule has 3 nitrogen and oxygen atoms in total. The third-order valence-corrected chi connectivity index (χ3v) is 3.83. The number of benzene rings is 1. The van der Waals surface area contributed by atoms with Crippen molar-refractivity contribution in [1.82, 2.24) is 5.32 Å². The topological polar surface area (TPSA) is 52.5 Å². The number of aliphatic hydroxyl groups excluding tert-OH is 1. The number of hydrogen-bond acceptors (Lipinski definition) is 3. The Morgan fingerprint density at radius 1 is 1.05 bits per heavy atom. The standard InChI is InChI=1S/C18H31NO2/c1-12-13(11-19-8-9-20)10-14(17(2,3)4)16(21)15(12)18(5,6)7/h10,19-21H,8-9,11H2,1-7H3. The predicted octanol–water partition coefficient (Wildman–Crippen LogP) is 3.38. The summed E-state index contributed by atoms with van der Waals surface area (Å²) >= 11 is 0. The Morgan fingerprint density at radius 3 is 2.05 bits per heavy atom. The molecular formula is C18H31NO2. The van der Waals surface area contributed by atoms with E-state index in [0.29, 0.717) is 18.8 Å². The number of aromatic hydroxyl groups is 1. The Morgan fingerprint density at radius 2 is 1.62 bits per heavy atom. The van der Waals surface area contributed by atoms with Gasteiger partial charge in [0.05, 0.1) is 6.61 Å². The number of phenolic OH excluding ortho intramolecular Hbond substituents is 1. The van der Waals surface area contributed by atoms with Crippen molar-refractivity contribution in [2.75, 3.05) is 13.2 Å². The van der Waals surface area contributed by atoms with E-state index in [0.717, 1.165) is 16.7 Å². The van der Waals surface area contributed by atoms with Crippen molar-refractivity contribution in [3.63, 3.8) is 0 Å². The maximum absolute atomic E-state index is 10.8. The highest BCUT2D eigenvalue weighted by Gasteiger charge is 2.28. The highest BCUT2D eigenvalue weighted by Crippen LogP contribution is 2.42. The van der Waals surface area contributed by atoms with Gasteiger partial charge in [0.1, 0.15) is 5.75 Å². The lowest BCUT2D eigenvalue weighted by atomic mass is 9.76. The fraction of sp³-hybridized carbons (Fsp3) is 0.667. The molecule has 0 heterocycles. The van der Waals surface area contributed by atoms with Crippen LogP contribution in [0.4, 0.5) is 0 Å². The summed E-state index contributed by atoms with van der Waals surface area (Å²) in [6.45, 7) is 16.2. The molecule has 0 amide bonds. The fourth-order valence-corrected chi connectivity index (χ4v) is 2.80. The maximum Gasteiger partial charge on any atom is 0.123 e. The summed E-state index contributed by atoms with van der Waals surface area (Å²) in [6, 6.07) is 2.10. The molecule has 0 unspecified atom stereocenters. The Hall–Kier alpha value is -1.06. The average Bonchev–Trinajstić information content (AvgIpc) is 2.28. The van der Waals surface area contributed by atoms with Crippen LogP contribution in [0.5, 0.6) is 5.75 Å². The minimum absolute atomic E-state index is 0.108. The lowest BCUT2D eigenvalue weighted by molar-refractivity contribution is 0.292. The molecule has 0 saturated carbocycles. The quantitative estimate of drug-likeness (QED) is 0.746. The van der Waals surface area contributed by atoms with Crippen LogP contribution in [0.15, 0.2) is 6.07 Å². The van der Waals surface area contributed by atoms with Gasteiger partial charge in [-0.15, -0.1) is 0 Å². The molecule has 1 aromatic rings. The molecule has 0 aliphatic carbocycles. The van der Waals surface area contributed by atoms with E-state index in [2.05, 4.69) is 59.8 Å². The SMILES string of the molecule is Cc1c(CNCCO)cc(C(C)(C)C)c(O)c1C(C)(C)C. The van der Waals surface area contributed by atoms with E-state index in [4.69, 9.17) is 5.11 Å². The highest BCUT2D eigenvalue weighted by molar-refractivity contribution is 5.54. The maximum atomic E-state index is 10.8. The van der Waals surface area contributed by atoms with Crippen molar-refractivity contribution < 1.29 is 10.2 Å². The molecule has 3 N–H and O–H groups in total. The number of phenols is 1. The second-order valence-corrected chi connectivity index (χ2v) is 7.83. The van der Waals surface area contributed by atoms with Crippen molar-refractivity contribution in [1.29, 1.82) is 0 Å². The molecule has 0 saturated heterocycles. The van der Waals surface area contributed by atoms with E-state index in [1.54, 1.807) is 0 Å². The van der Waals surface area contributed by atoms with Crippen molar-refractivity contribution in [2.45, 2.75) is 65.8 Å². The first-order valence-corrected chi connectivity index (χ1v) is 7.68. The number of rotatable bonds is 4. The van der Waals surface area contributed by atoms with Gasteiger partial charge in [0.25, 0.3) is 0 Å². The predicted molar refractivity (Wildman–Crippen MR) is 89.0 cm³/mol.